The molecule has 0 unspecified atom stereocenters. The first-order chi connectivity index (χ1) is 14.6. The van der Waals surface area contributed by atoms with Crippen molar-refractivity contribution in [3.63, 3.8) is 0 Å². The molecule has 0 bridgehead atoms. The zero-order valence-corrected chi connectivity index (χ0v) is 17.3. The first-order valence-corrected chi connectivity index (χ1v) is 10.3. The lowest BCUT2D eigenvalue weighted by atomic mass is 10.2. The monoisotopic (exact) mass is 439 g/mol. The minimum atomic E-state index is -0.357. The molecule has 7 nitrogen and oxygen atoms in total. The number of carbonyl (C=O) groups is 2. The number of fused-ring (bicyclic) bond motifs is 1. The maximum absolute atomic E-state index is 12.4. The lowest BCUT2D eigenvalue weighted by Crippen LogP contribution is -2.34. The zero-order chi connectivity index (χ0) is 20.9. The van der Waals surface area contributed by atoms with Gasteiger partial charge in [0, 0.05) is 16.9 Å². The van der Waals surface area contributed by atoms with Crippen LogP contribution in [0.25, 0.3) is 0 Å². The van der Waals surface area contributed by atoms with Gasteiger partial charge in [-0.3, -0.25) is 14.9 Å². The summed E-state index contributed by atoms with van der Waals surface area (Å²) in [6.45, 7) is 0.935. The second kappa shape index (κ2) is 8.93. The number of benzene rings is 2. The Morgan fingerprint density at radius 2 is 1.57 bits per heavy atom. The van der Waals surface area contributed by atoms with Crippen LogP contribution in [0.15, 0.2) is 60.0 Å². The molecule has 1 aliphatic heterocycles. The van der Waals surface area contributed by atoms with Crippen molar-refractivity contribution < 1.29 is 19.1 Å². The van der Waals surface area contributed by atoms with E-state index in [-0.39, 0.29) is 16.9 Å². The highest BCUT2D eigenvalue weighted by Crippen LogP contribution is 2.30. The van der Waals surface area contributed by atoms with Gasteiger partial charge in [0.05, 0.1) is 4.88 Å². The zero-order valence-electron chi connectivity index (χ0n) is 15.6. The predicted octanol–water partition coefficient (Wildman–Crippen LogP) is 3.90. The standard InChI is InChI=1S/C21H17N3O4S2/c25-19(13-3-8-16-17(12-13)28-10-9-27-16)24-21(29)23-15-6-4-14(5-7-15)22-20(26)18-2-1-11-30-18/h1-8,11-12H,9-10H2,(H,22,26)(H2,23,24,25,29). The summed E-state index contributed by atoms with van der Waals surface area (Å²) in [5.41, 5.74) is 1.75. The largest absolute Gasteiger partial charge is 0.486 e. The second-order valence-corrected chi connectivity index (χ2v) is 7.63. The van der Waals surface area contributed by atoms with Gasteiger partial charge in [-0.25, -0.2) is 0 Å². The summed E-state index contributed by atoms with van der Waals surface area (Å²) >= 11 is 6.60. The van der Waals surface area contributed by atoms with Gasteiger partial charge in [-0.1, -0.05) is 6.07 Å². The van der Waals surface area contributed by atoms with Crippen LogP contribution in [-0.2, 0) is 0 Å². The van der Waals surface area contributed by atoms with Crippen molar-refractivity contribution in [3.8, 4) is 11.5 Å². The Kier molecular flexibility index (Phi) is 5.92. The molecule has 30 heavy (non-hydrogen) atoms. The van der Waals surface area contributed by atoms with E-state index in [0.29, 0.717) is 46.5 Å². The summed E-state index contributed by atoms with van der Waals surface area (Å²) in [5, 5.41) is 10.4. The molecular weight excluding hydrogens is 422 g/mol. The van der Waals surface area contributed by atoms with Crippen molar-refractivity contribution in [2.45, 2.75) is 0 Å². The van der Waals surface area contributed by atoms with Gasteiger partial charge in [0.15, 0.2) is 16.6 Å². The molecule has 1 aliphatic rings. The maximum Gasteiger partial charge on any atom is 0.265 e. The number of carbonyl (C=O) groups excluding carboxylic acids is 2. The normalized spacial score (nSPS) is 12.0. The molecule has 0 atom stereocenters. The molecule has 3 aromatic rings. The van der Waals surface area contributed by atoms with Gasteiger partial charge in [-0.2, -0.15) is 0 Å². The molecule has 0 radical (unpaired) electrons. The third kappa shape index (κ3) is 4.76. The number of thiocarbonyl (C=S) groups is 1. The number of hydrogen-bond acceptors (Lipinski definition) is 6. The first kappa shape index (κ1) is 19.9. The molecule has 1 aromatic heterocycles. The fraction of sp³-hybridized carbons (Fsp3) is 0.0952. The Bertz CT molecular complexity index is 1080. The molecule has 2 amide bonds. The van der Waals surface area contributed by atoms with E-state index < -0.39 is 0 Å². The maximum atomic E-state index is 12.4. The Labute approximate surface area is 182 Å². The van der Waals surface area contributed by atoms with Gasteiger partial charge < -0.3 is 20.1 Å². The number of rotatable bonds is 4. The minimum Gasteiger partial charge on any atom is -0.486 e. The molecule has 2 heterocycles. The molecule has 152 valence electrons. The number of nitrogens with one attached hydrogen (secondary N) is 3. The van der Waals surface area contributed by atoms with Crippen LogP contribution >= 0.6 is 23.6 Å². The number of thiophene rings is 1. The van der Waals surface area contributed by atoms with Crippen LogP contribution in [0.4, 0.5) is 11.4 Å². The third-order valence-corrected chi connectivity index (χ3v) is 5.25. The minimum absolute atomic E-state index is 0.158. The van der Waals surface area contributed by atoms with Gasteiger partial charge in [0.2, 0.25) is 0 Å². The summed E-state index contributed by atoms with van der Waals surface area (Å²) in [6.07, 6.45) is 0. The van der Waals surface area contributed by atoms with E-state index in [1.807, 2.05) is 11.4 Å². The fourth-order valence-corrected chi connectivity index (χ4v) is 3.59. The number of anilines is 2. The summed E-state index contributed by atoms with van der Waals surface area (Å²) in [5.74, 6) is 0.634. The Balaban J connectivity index is 1.32. The van der Waals surface area contributed by atoms with Gasteiger partial charge in [0.1, 0.15) is 13.2 Å². The lowest BCUT2D eigenvalue weighted by molar-refractivity contribution is 0.0975. The van der Waals surface area contributed by atoms with E-state index in [9.17, 15) is 9.59 Å². The number of ether oxygens (including phenoxy) is 2. The van der Waals surface area contributed by atoms with Crippen molar-refractivity contribution in [3.05, 3.63) is 70.4 Å². The van der Waals surface area contributed by atoms with E-state index in [2.05, 4.69) is 16.0 Å². The molecule has 2 aromatic carbocycles. The van der Waals surface area contributed by atoms with E-state index in [4.69, 9.17) is 21.7 Å². The summed E-state index contributed by atoms with van der Waals surface area (Å²) < 4.78 is 10.9. The molecule has 0 saturated heterocycles. The van der Waals surface area contributed by atoms with Gasteiger partial charge in [0.25, 0.3) is 11.8 Å². The quantitative estimate of drug-likeness (QED) is 0.535. The van der Waals surface area contributed by atoms with Crippen LogP contribution in [0.3, 0.4) is 0 Å². The predicted molar refractivity (Wildman–Crippen MR) is 120 cm³/mol. The molecule has 0 saturated carbocycles. The average molecular weight is 440 g/mol. The Morgan fingerprint density at radius 1 is 0.867 bits per heavy atom. The highest BCUT2D eigenvalue weighted by molar-refractivity contribution is 7.80. The van der Waals surface area contributed by atoms with Crippen LogP contribution < -0.4 is 25.4 Å². The number of hydrogen-bond donors (Lipinski definition) is 3. The van der Waals surface area contributed by atoms with Gasteiger partial charge >= 0.3 is 0 Å². The van der Waals surface area contributed by atoms with E-state index in [1.54, 1.807) is 48.5 Å². The molecule has 0 fully saturated rings. The van der Waals surface area contributed by atoms with Crippen LogP contribution in [-0.4, -0.2) is 30.1 Å². The SMILES string of the molecule is O=C(NC(=S)Nc1ccc(NC(=O)c2cccs2)cc1)c1ccc2c(c1)OCCO2. The third-order valence-electron chi connectivity index (χ3n) is 4.18. The van der Waals surface area contributed by atoms with Crippen LogP contribution in [0.1, 0.15) is 20.0 Å². The van der Waals surface area contributed by atoms with Crippen molar-refractivity contribution in [2.24, 2.45) is 0 Å². The molecule has 0 aliphatic carbocycles. The average Bonchev–Trinajstić information content (AvgIpc) is 3.30. The highest BCUT2D eigenvalue weighted by Gasteiger charge is 2.15. The summed E-state index contributed by atoms with van der Waals surface area (Å²) in [6, 6.07) is 15.6. The smallest absolute Gasteiger partial charge is 0.265 e. The molecule has 9 heteroatoms. The fourth-order valence-electron chi connectivity index (χ4n) is 2.76. The topological polar surface area (TPSA) is 88.7 Å². The Morgan fingerprint density at radius 3 is 2.27 bits per heavy atom. The number of amides is 2. The van der Waals surface area contributed by atoms with Crippen LogP contribution in [0.5, 0.6) is 11.5 Å². The molecule has 0 spiro atoms. The van der Waals surface area contributed by atoms with Crippen LogP contribution in [0, 0.1) is 0 Å². The van der Waals surface area contributed by atoms with Gasteiger partial charge in [-0.05, 0) is 66.1 Å². The Hall–Kier alpha value is -3.43. The van der Waals surface area contributed by atoms with E-state index in [1.165, 1.54) is 11.3 Å². The van der Waals surface area contributed by atoms with Crippen LogP contribution in [0.2, 0.25) is 0 Å². The lowest BCUT2D eigenvalue weighted by Gasteiger charge is -2.18. The van der Waals surface area contributed by atoms with Crippen molar-refractivity contribution in [2.75, 3.05) is 23.8 Å². The van der Waals surface area contributed by atoms with E-state index in [0.717, 1.165) is 0 Å². The van der Waals surface area contributed by atoms with E-state index >= 15 is 0 Å². The molecular formula is C21H17N3O4S2. The second-order valence-electron chi connectivity index (χ2n) is 6.28. The van der Waals surface area contributed by atoms with Crippen molar-refractivity contribution in [1.29, 1.82) is 0 Å². The molecule has 3 N–H and O–H groups in total. The summed E-state index contributed by atoms with van der Waals surface area (Å²) in [4.78, 5) is 25.2. The van der Waals surface area contributed by atoms with Crippen molar-refractivity contribution in [1.82, 2.24) is 5.32 Å². The van der Waals surface area contributed by atoms with Crippen molar-refractivity contribution >= 4 is 51.9 Å². The summed E-state index contributed by atoms with van der Waals surface area (Å²) in [7, 11) is 0. The molecule has 4 rings (SSSR count). The first-order valence-electron chi connectivity index (χ1n) is 9.05. The highest BCUT2D eigenvalue weighted by atomic mass is 32.1. The van der Waals surface area contributed by atoms with Gasteiger partial charge in [-0.15, -0.1) is 11.3 Å².